The number of nitrogens with zero attached hydrogens (tertiary/aromatic N) is 4. The Kier molecular flexibility index (Phi) is 31.3. The second kappa shape index (κ2) is 37.6. The third-order valence-corrected chi connectivity index (χ3v) is 17.3. The van der Waals surface area contributed by atoms with E-state index in [1.54, 1.807) is 77.9 Å². The van der Waals surface area contributed by atoms with Crippen molar-refractivity contribution in [3.63, 3.8) is 0 Å². The summed E-state index contributed by atoms with van der Waals surface area (Å²) in [6.07, 6.45) is 2.99. The zero-order valence-corrected chi connectivity index (χ0v) is 55.8. The minimum atomic E-state index is -1.10. The number of likely N-dealkylation sites (tertiary alicyclic amines) is 2. The molecule has 0 radical (unpaired) electrons. The van der Waals surface area contributed by atoms with Crippen LogP contribution in [0.3, 0.4) is 0 Å². The molecule has 25 nitrogen and oxygen atoms in total. The van der Waals surface area contributed by atoms with Crippen LogP contribution in [0.25, 0.3) is 0 Å². The van der Waals surface area contributed by atoms with Gasteiger partial charge in [-0.05, 0) is 99.8 Å². The number of ether oxygens (including phenoxy) is 3. The molecular weight excluding hydrogens is 1170 g/mol. The summed E-state index contributed by atoms with van der Waals surface area (Å²) in [7, 11) is 6.12. The lowest BCUT2D eigenvalue weighted by atomic mass is 9.90. The van der Waals surface area contributed by atoms with E-state index in [2.05, 4.69) is 31.9 Å². The number of amides is 12. The lowest BCUT2D eigenvalue weighted by molar-refractivity contribution is -0.147. The third kappa shape index (κ3) is 23.2. The third-order valence-electron chi connectivity index (χ3n) is 17.3. The van der Waals surface area contributed by atoms with Gasteiger partial charge in [-0.15, -0.1) is 0 Å². The molecule has 2 saturated heterocycles. The molecule has 0 aliphatic carbocycles. The van der Waals surface area contributed by atoms with Crippen molar-refractivity contribution in [3.05, 3.63) is 65.7 Å². The van der Waals surface area contributed by atoms with Crippen LogP contribution in [-0.4, -0.2) is 187 Å². The number of primary amides is 1. The Bertz CT molecular complexity index is 2740. The molecule has 4 rings (SSSR count). The Morgan fingerprint density at radius 2 is 1.37 bits per heavy atom. The van der Waals surface area contributed by atoms with E-state index in [4.69, 9.17) is 19.9 Å². The van der Waals surface area contributed by atoms with Crippen molar-refractivity contribution < 1.29 is 67.0 Å². The van der Waals surface area contributed by atoms with Crippen molar-refractivity contribution in [1.29, 1.82) is 0 Å². The van der Waals surface area contributed by atoms with Crippen LogP contribution in [0, 0.1) is 23.7 Å². The second-order valence-corrected chi connectivity index (χ2v) is 25.0. The molecule has 11 atom stereocenters. The summed E-state index contributed by atoms with van der Waals surface area (Å²) in [6.45, 7) is 17.0. The van der Waals surface area contributed by atoms with Gasteiger partial charge in [0.15, 0.2) is 0 Å². The van der Waals surface area contributed by atoms with E-state index in [0.717, 1.165) is 12.0 Å². The summed E-state index contributed by atoms with van der Waals surface area (Å²) < 4.78 is 17.7. The maximum Gasteiger partial charge on any atom is 0.410 e. The number of unbranched alkanes of at least 4 members (excludes halogenated alkanes) is 2. The number of carbonyl (C=O) groups is 11. The highest BCUT2D eigenvalue weighted by Gasteiger charge is 2.43. The number of benzene rings is 2. The Labute approximate surface area is 537 Å². The van der Waals surface area contributed by atoms with Crippen LogP contribution in [0.15, 0.2) is 54.6 Å². The van der Waals surface area contributed by atoms with Crippen molar-refractivity contribution in [2.45, 2.75) is 207 Å². The summed E-state index contributed by atoms with van der Waals surface area (Å²) in [5, 5.41) is 16.7. The van der Waals surface area contributed by atoms with E-state index in [-0.39, 0.29) is 105 Å². The largest absolute Gasteiger partial charge is 0.445 e. The van der Waals surface area contributed by atoms with Crippen molar-refractivity contribution in [2.75, 3.05) is 53.3 Å². The quantitative estimate of drug-likeness (QED) is 0.0339. The van der Waals surface area contributed by atoms with Crippen LogP contribution in [0.1, 0.15) is 150 Å². The molecule has 0 saturated carbocycles. The van der Waals surface area contributed by atoms with Crippen molar-refractivity contribution in [1.82, 2.24) is 46.2 Å². The first-order valence-corrected chi connectivity index (χ1v) is 32.2. The molecule has 2 aliphatic rings. The van der Waals surface area contributed by atoms with Crippen LogP contribution < -0.4 is 37.6 Å². The smallest absolute Gasteiger partial charge is 0.410 e. The highest BCUT2D eigenvalue weighted by Crippen LogP contribution is 2.30. The molecule has 506 valence electrons. The number of nitrogens with two attached hydrogens (primary N) is 1. The maximum absolute atomic E-state index is 14.4. The lowest BCUT2D eigenvalue weighted by Gasteiger charge is -2.40. The molecule has 2 aliphatic heterocycles. The number of imide groups is 1. The topological polar surface area (TPSA) is 327 Å². The Balaban J connectivity index is 1.33. The molecule has 2 aromatic rings. The van der Waals surface area contributed by atoms with E-state index in [9.17, 15) is 52.7 Å². The SMILES string of the molecule is CC[C@H](C)[C@@H]([C@@H](CC(=O)N1CCC[C@H]1[C@H](OC)[C@@H](C)C(=O)N[C@H](C)Cc1ccccc1)OC)N(C)C(=O)[C@H](C)NC(=O)[C@H](C(C)C)N(C)C(=O)OCc1ccc(NC(=O)[C@H](CCCNC(N)=O)NC(=O)[C@@H](NC(=O)CCCCCN2C(=O)CCC2=O)C(C)C)cc1. The van der Waals surface area contributed by atoms with Crippen LogP contribution in [-0.2, 0) is 70.4 Å². The molecule has 0 spiro atoms. The summed E-state index contributed by atoms with van der Waals surface area (Å²) in [5.74, 6) is -4.81. The average molecular weight is 1270 g/mol. The fourth-order valence-electron chi connectivity index (χ4n) is 12.0. The summed E-state index contributed by atoms with van der Waals surface area (Å²) in [4.78, 5) is 151. The molecule has 8 N–H and O–H groups in total. The average Bonchev–Trinajstić information content (AvgIpc) is 1.85. The Morgan fingerprint density at radius 1 is 0.714 bits per heavy atom. The number of carbonyl (C=O) groups excluding carboxylic acids is 11. The van der Waals surface area contributed by atoms with E-state index in [1.165, 1.54) is 28.9 Å². The molecule has 0 aromatic heterocycles. The molecule has 2 fully saturated rings. The van der Waals surface area contributed by atoms with Crippen LogP contribution >= 0.6 is 0 Å². The van der Waals surface area contributed by atoms with Crippen molar-refractivity contribution in [2.24, 2.45) is 29.4 Å². The van der Waals surface area contributed by atoms with Crippen LogP contribution in [0.5, 0.6) is 0 Å². The normalized spacial score (nSPS) is 17.3. The predicted molar refractivity (Wildman–Crippen MR) is 343 cm³/mol. The van der Waals surface area contributed by atoms with Crippen LogP contribution in [0.4, 0.5) is 15.3 Å². The van der Waals surface area contributed by atoms with Crippen molar-refractivity contribution in [3.8, 4) is 0 Å². The number of anilines is 1. The minimum absolute atomic E-state index is 0.0539. The van der Waals surface area contributed by atoms with Gasteiger partial charge in [-0.1, -0.05) is 104 Å². The van der Waals surface area contributed by atoms with E-state index < -0.39 is 90.0 Å². The van der Waals surface area contributed by atoms with Gasteiger partial charge in [0.1, 0.15) is 30.8 Å². The molecular formula is C66H103N11O14. The van der Waals surface area contributed by atoms with Gasteiger partial charge in [-0.2, -0.15) is 0 Å². The number of hydrogen-bond acceptors (Lipinski definition) is 14. The zero-order chi connectivity index (χ0) is 67.6. The second-order valence-electron chi connectivity index (χ2n) is 25.0. The van der Waals surface area contributed by atoms with Gasteiger partial charge in [0.05, 0.1) is 36.6 Å². The van der Waals surface area contributed by atoms with Gasteiger partial charge in [-0.3, -0.25) is 53.0 Å². The fraction of sp³-hybridized carbons (Fsp3) is 0.652. The highest BCUT2D eigenvalue weighted by atomic mass is 16.6. The fourth-order valence-corrected chi connectivity index (χ4v) is 12.0. The standard InChI is InChI=1S/C66H103N11O14/c1-14-42(6)58(51(89-12)38-55(81)76-36-22-26-50(76)59(90-13)44(8)60(82)69-43(7)37-46-23-17-15-18-24-46)74(10)64(86)45(9)70-63(85)57(41(4)5)75(11)66(88)91-39-47-28-30-48(31-29-47)71-61(83)49(25-21-34-68-65(67)87)72-62(84)56(40(2)3)73-52(78)27-19-16-20-35-77-53(79)32-33-54(77)80/h15,17-18,23-24,28-31,40-45,49-51,56-59H,14,16,19-22,25-27,32-39H2,1-13H3,(H,69,82)(H,70,85)(H,71,83)(H,72,84)(H,73,78)(H3,67,68,87)/t42-,43+,44+,45-,49-,50-,51+,56-,57-,58-,59+/m0/s1. The number of rotatable bonds is 37. The molecule has 2 heterocycles. The number of methoxy groups -OCH3 is 2. The highest BCUT2D eigenvalue weighted by molar-refractivity contribution is 6.02. The van der Waals surface area contributed by atoms with E-state index in [0.29, 0.717) is 62.9 Å². The van der Waals surface area contributed by atoms with E-state index >= 15 is 0 Å². The van der Waals surface area contributed by atoms with Gasteiger partial charge in [0.2, 0.25) is 53.2 Å². The number of nitrogens with one attached hydrogen (secondary N) is 6. The molecule has 25 heteroatoms. The molecule has 0 unspecified atom stereocenters. The van der Waals surface area contributed by atoms with Gasteiger partial charge in [0.25, 0.3) is 0 Å². The first kappa shape index (κ1) is 75.8. The molecule has 2 aromatic carbocycles. The molecule has 0 bridgehead atoms. The van der Waals surface area contributed by atoms with Gasteiger partial charge < -0.3 is 61.6 Å². The van der Waals surface area contributed by atoms with E-state index in [1.807, 2.05) is 58.0 Å². The zero-order valence-electron chi connectivity index (χ0n) is 55.8. The monoisotopic (exact) mass is 1270 g/mol. The van der Waals surface area contributed by atoms with Gasteiger partial charge in [0, 0.05) is 78.9 Å². The summed E-state index contributed by atoms with van der Waals surface area (Å²) in [5.41, 5.74) is 7.22. The number of urea groups is 1. The van der Waals surface area contributed by atoms with Crippen LogP contribution in [0.2, 0.25) is 0 Å². The predicted octanol–water partition coefficient (Wildman–Crippen LogP) is 5.17. The molecule has 91 heavy (non-hydrogen) atoms. The number of hydrogen-bond donors (Lipinski definition) is 7. The van der Waals surface area contributed by atoms with Crippen molar-refractivity contribution >= 4 is 71.0 Å². The first-order valence-electron chi connectivity index (χ1n) is 32.2. The van der Waals surface area contributed by atoms with Gasteiger partial charge in [-0.25, -0.2) is 9.59 Å². The minimum Gasteiger partial charge on any atom is -0.445 e. The first-order chi connectivity index (χ1) is 43.1. The lowest BCUT2D eigenvalue weighted by Crippen LogP contribution is -2.58. The Morgan fingerprint density at radius 3 is 1.97 bits per heavy atom. The van der Waals surface area contributed by atoms with Gasteiger partial charge >= 0.3 is 12.1 Å². The summed E-state index contributed by atoms with van der Waals surface area (Å²) in [6, 6.07) is 10.3. The number of likely N-dealkylation sites (N-methyl/N-ethyl adjacent to an activating group) is 2. The Hall–Kier alpha value is -7.67. The maximum atomic E-state index is 14.4. The summed E-state index contributed by atoms with van der Waals surface area (Å²) >= 11 is 0. The molecule has 12 amide bonds.